The minimum atomic E-state index is -0.174. The lowest BCUT2D eigenvalue weighted by molar-refractivity contribution is 0.388. The molecule has 1 N–H and O–H groups in total. The molecule has 1 saturated heterocycles. The van der Waals surface area contributed by atoms with Crippen molar-refractivity contribution in [3.05, 3.63) is 54.6 Å². The van der Waals surface area contributed by atoms with Crippen LogP contribution in [-0.4, -0.2) is 41.2 Å². The van der Waals surface area contributed by atoms with Crippen LogP contribution in [0, 0.1) is 5.82 Å². The number of nitrogens with one attached hydrogen (secondary N) is 1. The lowest BCUT2D eigenvalue weighted by Crippen LogP contribution is -2.50. The highest BCUT2D eigenvalue weighted by atomic mass is 32.1. The Morgan fingerprint density at radius 3 is 2.55 bits per heavy atom. The number of hydrogen-bond acceptors (Lipinski definition) is 3. The molecule has 22 heavy (non-hydrogen) atoms. The standard InChI is InChI=1S/C16H17FN4S/c17-14-5-1-2-6-15(14)20-8-10-21(11-9-20)16(22)19-13-4-3-7-18-12-13/h1-7,12H,8-11H2,(H,19,22). The fraction of sp³-hybridized carbons (Fsp3) is 0.250. The number of rotatable bonds is 2. The zero-order valence-corrected chi connectivity index (χ0v) is 12.9. The van der Waals surface area contributed by atoms with E-state index in [1.165, 1.54) is 6.07 Å². The highest BCUT2D eigenvalue weighted by Crippen LogP contribution is 2.20. The van der Waals surface area contributed by atoms with E-state index in [0.717, 1.165) is 31.9 Å². The number of anilines is 2. The van der Waals surface area contributed by atoms with E-state index < -0.39 is 0 Å². The van der Waals surface area contributed by atoms with Crippen LogP contribution in [0.1, 0.15) is 0 Å². The minimum Gasteiger partial charge on any atom is -0.366 e. The number of benzene rings is 1. The molecule has 114 valence electrons. The summed E-state index contributed by atoms with van der Waals surface area (Å²) in [5.41, 5.74) is 1.54. The summed E-state index contributed by atoms with van der Waals surface area (Å²) in [6.45, 7) is 3.02. The summed E-state index contributed by atoms with van der Waals surface area (Å²) in [7, 11) is 0. The van der Waals surface area contributed by atoms with Crippen LogP contribution in [0.3, 0.4) is 0 Å². The Bertz CT molecular complexity index is 642. The van der Waals surface area contributed by atoms with Gasteiger partial charge in [-0.15, -0.1) is 0 Å². The van der Waals surface area contributed by atoms with Crippen LogP contribution < -0.4 is 10.2 Å². The lowest BCUT2D eigenvalue weighted by Gasteiger charge is -2.37. The van der Waals surface area contributed by atoms with Gasteiger partial charge in [-0.25, -0.2) is 4.39 Å². The molecule has 0 amide bonds. The Labute approximate surface area is 134 Å². The predicted octanol–water partition coefficient (Wildman–Crippen LogP) is 2.74. The smallest absolute Gasteiger partial charge is 0.173 e. The Hall–Kier alpha value is -2.21. The van der Waals surface area contributed by atoms with Crippen molar-refractivity contribution in [2.75, 3.05) is 36.4 Å². The second kappa shape index (κ2) is 6.70. The number of nitrogens with zero attached hydrogens (tertiary/aromatic N) is 3. The van der Waals surface area contributed by atoms with E-state index in [2.05, 4.69) is 20.1 Å². The molecular formula is C16H17FN4S. The summed E-state index contributed by atoms with van der Waals surface area (Å²) in [6.07, 6.45) is 3.46. The van der Waals surface area contributed by atoms with Gasteiger partial charge in [0.05, 0.1) is 17.6 Å². The van der Waals surface area contributed by atoms with Gasteiger partial charge in [-0.05, 0) is 36.5 Å². The molecule has 2 aromatic rings. The fourth-order valence-corrected chi connectivity index (χ4v) is 2.80. The van der Waals surface area contributed by atoms with Crippen LogP contribution in [0.15, 0.2) is 48.8 Å². The van der Waals surface area contributed by atoms with Crippen LogP contribution in [-0.2, 0) is 0 Å². The number of para-hydroxylation sites is 1. The molecule has 0 bridgehead atoms. The molecule has 6 heteroatoms. The second-order valence-corrected chi connectivity index (χ2v) is 5.48. The molecule has 0 atom stereocenters. The molecule has 1 aromatic carbocycles. The van der Waals surface area contributed by atoms with E-state index in [-0.39, 0.29) is 5.82 Å². The van der Waals surface area contributed by atoms with Crippen molar-refractivity contribution in [2.24, 2.45) is 0 Å². The van der Waals surface area contributed by atoms with Crippen LogP contribution in [0.4, 0.5) is 15.8 Å². The van der Waals surface area contributed by atoms with Gasteiger partial charge in [0.1, 0.15) is 5.82 Å². The van der Waals surface area contributed by atoms with Gasteiger partial charge in [-0.3, -0.25) is 4.98 Å². The van der Waals surface area contributed by atoms with E-state index in [4.69, 9.17) is 12.2 Å². The van der Waals surface area contributed by atoms with Gasteiger partial charge in [-0.1, -0.05) is 12.1 Å². The minimum absolute atomic E-state index is 0.174. The number of pyridine rings is 1. The first-order chi connectivity index (χ1) is 10.7. The number of aromatic nitrogens is 1. The molecule has 0 radical (unpaired) electrons. The lowest BCUT2D eigenvalue weighted by atomic mass is 10.2. The van der Waals surface area contributed by atoms with Crippen molar-refractivity contribution in [3.63, 3.8) is 0 Å². The van der Waals surface area contributed by atoms with Crippen molar-refractivity contribution in [1.29, 1.82) is 0 Å². The average Bonchev–Trinajstić information content (AvgIpc) is 2.56. The maximum Gasteiger partial charge on any atom is 0.173 e. The van der Waals surface area contributed by atoms with Crippen molar-refractivity contribution >= 4 is 28.7 Å². The molecule has 0 unspecified atom stereocenters. The third-order valence-electron chi connectivity index (χ3n) is 3.67. The Balaban J connectivity index is 1.58. The van der Waals surface area contributed by atoms with Gasteiger partial charge in [0.2, 0.25) is 0 Å². The SMILES string of the molecule is Fc1ccccc1N1CCN(C(=S)Nc2cccnc2)CC1. The maximum atomic E-state index is 13.8. The van der Waals surface area contributed by atoms with Gasteiger partial charge in [0.15, 0.2) is 5.11 Å². The van der Waals surface area contributed by atoms with Crippen molar-refractivity contribution < 1.29 is 4.39 Å². The maximum absolute atomic E-state index is 13.8. The zero-order valence-electron chi connectivity index (χ0n) is 12.1. The molecule has 3 rings (SSSR count). The average molecular weight is 316 g/mol. The third kappa shape index (κ3) is 3.33. The number of piperazine rings is 1. The molecule has 1 aliphatic heterocycles. The van der Waals surface area contributed by atoms with E-state index in [1.807, 2.05) is 24.3 Å². The first-order valence-corrected chi connectivity index (χ1v) is 7.60. The van der Waals surface area contributed by atoms with Crippen LogP contribution in [0.25, 0.3) is 0 Å². The number of halogens is 1. The van der Waals surface area contributed by atoms with Crippen molar-refractivity contribution in [3.8, 4) is 0 Å². The van der Waals surface area contributed by atoms with Crippen LogP contribution >= 0.6 is 12.2 Å². The predicted molar refractivity (Wildman–Crippen MR) is 90.6 cm³/mol. The summed E-state index contributed by atoms with van der Waals surface area (Å²) < 4.78 is 13.8. The molecule has 1 aromatic heterocycles. The second-order valence-electron chi connectivity index (χ2n) is 5.10. The Kier molecular flexibility index (Phi) is 4.48. The van der Waals surface area contributed by atoms with E-state index in [0.29, 0.717) is 10.8 Å². The normalized spacial score (nSPS) is 14.8. The summed E-state index contributed by atoms with van der Waals surface area (Å²) in [6, 6.07) is 10.7. The largest absolute Gasteiger partial charge is 0.366 e. The summed E-state index contributed by atoms with van der Waals surface area (Å²) in [4.78, 5) is 8.20. The molecule has 2 heterocycles. The molecule has 0 saturated carbocycles. The van der Waals surface area contributed by atoms with Gasteiger partial charge < -0.3 is 15.1 Å². The van der Waals surface area contributed by atoms with Gasteiger partial charge in [0.25, 0.3) is 0 Å². The summed E-state index contributed by atoms with van der Waals surface area (Å²) in [5, 5.41) is 3.86. The molecular weight excluding hydrogens is 299 g/mol. The third-order valence-corrected chi connectivity index (χ3v) is 4.03. The van der Waals surface area contributed by atoms with E-state index >= 15 is 0 Å². The highest BCUT2D eigenvalue weighted by molar-refractivity contribution is 7.80. The van der Waals surface area contributed by atoms with E-state index in [1.54, 1.807) is 18.5 Å². The Morgan fingerprint density at radius 2 is 1.86 bits per heavy atom. The quantitative estimate of drug-likeness (QED) is 0.861. The first kappa shape index (κ1) is 14.7. The van der Waals surface area contributed by atoms with E-state index in [9.17, 15) is 4.39 Å². The highest BCUT2D eigenvalue weighted by Gasteiger charge is 2.20. The summed E-state index contributed by atoms with van der Waals surface area (Å²) >= 11 is 5.43. The number of hydrogen-bond donors (Lipinski definition) is 1. The van der Waals surface area contributed by atoms with Gasteiger partial charge in [-0.2, -0.15) is 0 Å². The molecule has 0 aliphatic carbocycles. The van der Waals surface area contributed by atoms with Crippen molar-refractivity contribution in [1.82, 2.24) is 9.88 Å². The fourth-order valence-electron chi connectivity index (χ4n) is 2.50. The molecule has 4 nitrogen and oxygen atoms in total. The molecule has 1 fully saturated rings. The molecule has 1 aliphatic rings. The van der Waals surface area contributed by atoms with Gasteiger partial charge in [0, 0.05) is 32.4 Å². The van der Waals surface area contributed by atoms with Crippen molar-refractivity contribution in [2.45, 2.75) is 0 Å². The Morgan fingerprint density at radius 1 is 1.09 bits per heavy atom. The zero-order chi connectivity index (χ0) is 15.4. The first-order valence-electron chi connectivity index (χ1n) is 7.19. The monoisotopic (exact) mass is 316 g/mol. The van der Waals surface area contributed by atoms with Crippen LogP contribution in [0.2, 0.25) is 0 Å². The summed E-state index contributed by atoms with van der Waals surface area (Å²) in [5.74, 6) is -0.174. The van der Waals surface area contributed by atoms with Gasteiger partial charge >= 0.3 is 0 Å². The molecule has 0 spiro atoms. The number of thiocarbonyl (C=S) groups is 1. The topological polar surface area (TPSA) is 31.4 Å². The van der Waals surface area contributed by atoms with Crippen LogP contribution in [0.5, 0.6) is 0 Å².